The predicted octanol–water partition coefficient (Wildman–Crippen LogP) is 6.48. The van der Waals surface area contributed by atoms with Crippen LogP contribution < -0.4 is 0 Å². The number of unbranched alkanes of at least 4 members (excludes halogenated alkanes) is 11. The van der Waals surface area contributed by atoms with E-state index in [9.17, 15) is 4.79 Å². The molecule has 0 atom stereocenters. The molecule has 0 aromatic heterocycles. The van der Waals surface area contributed by atoms with Crippen LogP contribution in [0.1, 0.15) is 104 Å². The number of carbonyl (C=O) groups excluding carboxylic acids is 1. The summed E-state index contributed by atoms with van der Waals surface area (Å²) in [5.74, 6) is -0.180. The van der Waals surface area contributed by atoms with Crippen LogP contribution in [-0.2, 0) is 9.53 Å². The van der Waals surface area contributed by atoms with Gasteiger partial charge in [0.05, 0.1) is 12.4 Å². The average Bonchev–Trinajstić information content (AvgIpc) is 2.69. The zero-order chi connectivity index (χ0) is 20.4. The van der Waals surface area contributed by atoms with Crippen LogP contribution >= 0.6 is 12.6 Å². The van der Waals surface area contributed by atoms with Gasteiger partial charge in [0.25, 0.3) is 0 Å². The smallest absolute Gasteiger partial charge is 0.315 e. The third kappa shape index (κ3) is 31.5. The molecular formula is C22H46O3SSn. The van der Waals surface area contributed by atoms with Gasteiger partial charge in [0.2, 0.25) is 0 Å². The molecule has 0 unspecified atom stereocenters. The SMILES string of the molecule is CCCCCCC[CH2][Sn][CH2]CCCCCCC.O=C(CS)OCCCCO. The Kier molecular flexibility index (Phi) is 31.7. The molecule has 162 valence electrons. The summed E-state index contributed by atoms with van der Waals surface area (Å²) in [6, 6.07) is 0. The van der Waals surface area contributed by atoms with E-state index in [2.05, 4.69) is 31.2 Å². The van der Waals surface area contributed by atoms with Gasteiger partial charge in [0, 0.05) is 6.61 Å². The molecular weight excluding hydrogens is 463 g/mol. The van der Waals surface area contributed by atoms with Crippen molar-refractivity contribution in [1.29, 1.82) is 0 Å². The van der Waals surface area contributed by atoms with Crippen molar-refractivity contribution >= 4 is 39.7 Å². The summed E-state index contributed by atoms with van der Waals surface area (Å²) in [5, 5.41) is 8.33. The Bertz CT molecular complexity index is 264. The number of thiol groups is 1. The van der Waals surface area contributed by atoms with E-state index in [-0.39, 0.29) is 39.5 Å². The van der Waals surface area contributed by atoms with Crippen LogP contribution in [0.15, 0.2) is 0 Å². The maximum Gasteiger partial charge on any atom is 0.315 e. The van der Waals surface area contributed by atoms with Crippen LogP contribution in [0.2, 0.25) is 8.87 Å². The fraction of sp³-hybridized carbons (Fsp3) is 0.955. The fourth-order valence-corrected chi connectivity index (χ4v) is 6.29. The minimum Gasteiger partial charge on any atom is -0.465 e. The summed E-state index contributed by atoms with van der Waals surface area (Å²) in [4.78, 5) is 10.4. The summed E-state index contributed by atoms with van der Waals surface area (Å²) in [6.07, 6.45) is 19.2. The van der Waals surface area contributed by atoms with Gasteiger partial charge in [-0.1, -0.05) is 0 Å². The number of carbonyl (C=O) groups is 1. The van der Waals surface area contributed by atoms with E-state index in [4.69, 9.17) is 5.11 Å². The van der Waals surface area contributed by atoms with Crippen molar-refractivity contribution in [2.24, 2.45) is 0 Å². The number of hydrogen-bond donors (Lipinski definition) is 2. The molecule has 27 heavy (non-hydrogen) atoms. The van der Waals surface area contributed by atoms with Gasteiger partial charge in [-0.3, -0.25) is 4.79 Å². The number of hydrogen-bond acceptors (Lipinski definition) is 4. The molecule has 0 aromatic carbocycles. The molecule has 0 aliphatic heterocycles. The zero-order valence-corrected chi connectivity index (χ0v) is 21.9. The molecule has 2 radical (unpaired) electrons. The van der Waals surface area contributed by atoms with Crippen molar-refractivity contribution in [2.75, 3.05) is 19.0 Å². The first-order valence-electron chi connectivity index (χ1n) is 11.3. The van der Waals surface area contributed by atoms with E-state index >= 15 is 0 Å². The molecule has 0 heterocycles. The monoisotopic (exact) mass is 510 g/mol. The van der Waals surface area contributed by atoms with Crippen LogP contribution in [0.25, 0.3) is 0 Å². The molecule has 0 bridgehead atoms. The molecule has 0 saturated heterocycles. The molecule has 0 aliphatic rings. The summed E-state index contributed by atoms with van der Waals surface area (Å²) < 4.78 is 7.98. The van der Waals surface area contributed by atoms with Crippen molar-refractivity contribution in [1.82, 2.24) is 0 Å². The molecule has 0 amide bonds. The van der Waals surface area contributed by atoms with Crippen LogP contribution in [0.3, 0.4) is 0 Å². The van der Waals surface area contributed by atoms with Crippen LogP contribution in [-0.4, -0.2) is 51.2 Å². The van der Waals surface area contributed by atoms with Crippen molar-refractivity contribution in [3.8, 4) is 0 Å². The summed E-state index contributed by atoms with van der Waals surface area (Å²) in [5.41, 5.74) is 0. The number of rotatable bonds is 19. The second-order valence-corrected chi connectivity index (χ2v) is 11.7. The topological polar surface area (TPSA) is 46.5 Å². The van der Waals surface area contributed by atoms with Crippen LogP contribution in [0.4, 0.5) is 0 Å². The van der Waals surface area contributed by atoms with Crippen molar-refractivity contribution in [2.45, 2.75) is 113 Å². The van der Waals surface area contributed by atoms with Crippen molar-refractivity contribution in [3.05, 3.63) is 0 Å². The van der Waals surface area contributed by atoms with Crippen LogP contribution in [0.5, 0.6) is 0 Å². The molecule has 0 rings (SSSR count). The second kappa shape index (κ2) is 28.8. The summed E-state index contributed by atoms with van der Waals surface area (Å²) >= 11 is 3.79. The third-order valence-corrected chi connectivity index (χ3v) is 8.65. The Labute approximate surface area is 185 Å². The van der Waals surface area contributed by atoms with Gasteiger partial charge in [-0.2, -0.15) is 12.6 Å². The van der Waals surface area contributed by atoms with Gasteiger partial charge in [-0.15, -0.1) is 0 Å². The Morgan fingerprint density at radius 1 is 0.778 bits per heavy atom. The van der Waals surface area contributed by atoms with E-state index in [1.807, 2.05) is 0 Å². The van der Waals surface area contributed by atoms with E-state index in [0.29, 0.717) is 13.0 Å². The summed E-state index contributed by atoms with van der Waals surface area (Å²) in [6.45, 7) is 5.14. The molecule has 1 N–H and O–H groups in total. The molecule has 3 nitrogen and oxygen atoms in total. The number of aliphatic hydroxyl groups excluding tert-OH is 1. The molecule has 0 saturated carbocycles. The molecule has 0 aliphatic carbocycles. The van der Waals surface area contributed by atoms with Gasteiger partial charge in [0.1, 0.15) is 0 Å². The van der Waals surface area contributed by atoms with Gasteiger partial charge < -0.3 is 9.84 Å². The first-order chi connectivity index (χ1) is 13.2. The first-order valence-corrected chi connectivity index (χ1v) is 16.0. The minimum atomic E-state index is -0.304. The van der Waals surface area contributed by atoms with E-state index in [0.717, 1.165) is 6.42 Å². The molecule has 0 fully saturated rings. The van der Waals surface area contributed by atoms with Gasteiger partial charge in [0.15, 0.2) is 0 Å². The van der Waals surface area contributed by atoms with E-state index in [1.165, 1.54) is 64.2 Å². The molecule has 5 heteroatoms. The second-order valence-electron chi connectivity index (χ2n) is 7.09. The van der Waals surface area contributed by atoms with Crippen molar-refractivity contribution in [3.63, 3.8) is 0 Å². The minimum absolute atomic E-state index is 0.0736. The normalized spacial score (nSPS) is 10.4. The Morgan fingerprint density at radius 3 is 1.70 bits per heavy atom. The first kappa shape index (κ1) is 29.8. The average molecular weight is 509 g/mol. The standard InChI is InChI=1S/2C8H17.C6H12O3S.Sn/c2*1-3-5-7-8-6-4-2;7-3-1-2-4-9-6(8)5-10;/h2*1,3-8H2,2H3;7,10H,1-5H2;. The third-order valence-electron chi connectivity index (χ3n) is 4.36. The maximum atomic E-state index is 10.4. The van der Waals surface area contributed by atoms with Crippen molar-refractivity contribution < 1.29 is 14.6 Å². The number of esters is 1. The van der Waals surface area contributed by atoms with Gasteiger partial charge >= 0.3 is 127 Å². The Morgan fingerprint density at radius 2 is 1.26 bits per heavy atom. The van der Waals surface area contributed by atoms with Gasteiger partial charge in [-0.25, -0.2) is 0 Å². The fourth-order valence-electron chi connectivity index (χ4n) is 2.63. The quantitative estimate of drug-likeness (QED) is 0.0907. The number of ether oxygens (including phenoxy) is 1. The number of aliphatic hydroxyl groups is 1. The van der Waals surface area contributed by atoms with Gasteiger partial charge in [-0.05, 0) is 12.8 Å². The Hall–Kier alpha value is 0.579. The molecule has 0 spiro atoms. The zero-order valence-electron chi connectivity index (χ0n) is 18.1. The maximum absolute atomic E-state index is 10.4. The predicted molar refractivity (Wildman–Crippen MR) is 123 cm³/mol. The largest absolute Gasteiger partial charge is 0.465 e. The van der Waals surface area contributed by atoms with Crippen LogP contribution in [0, 0.1) is 0 Å². The summed E-state index contributed by atoms with van der Waals surface area (Å²) in [7, 11) is 0. The Balaban J connectivity index is 0. The molecule has 0 aromatic rings. The van der Waals surface area contributed by atoms with E-state index in [1.54, 1.807) is 21.7 Å². The van der Waals surface area contributed by atoms with E-state index < -0.39 is 0 Å².